The minimum Gasteiger partial charge on any atom is -0.494 e. The van der Waals surface area contributed by atoms with E-state index in [1.54, 1.807) is 24.3 Å². The molecule has 0 fully saturated rings. The normalized spacial score (nSPS) is 11.0. The zero-order valence-corrected chi connectivity index (χ0v) is 18.9. The topological polar surface area (TPSA) is 93.1 Å². The second kappa shape index (κ2) is 17.6. The van der Waals surface area contributed by atoms with Crippen LogP contribution in [0.3, 0.4) is 0 Å². The van der Waals surface area contributed by atoms with Crippen LogP contribution in [-0.4, -0.2) is 34.9 Å². The Labute approximate surface area is 191 Å². The molecule has 1 atom stereocenters. The van der Waals surface area contributed by atoms with Gasteiger partial charge in [0.05, 0.1) is 6.61 Å². The predicted molar refractivity (Wildman–Crippen MR) is 125 cm³/mol. The predicted octanol–water partition coefficient (Wildman–Crippen LogP) is 6.20. The van der Waals surface area contributed by atoms with Gasteiger partial charge in [-0.2, -0.15) is 0 Å². The minimum atomic E-state index is -0.959. The number of benzene rings is 2. The summed E-state index contributed by atoms with van der Waals surface area (Å²) in [6.07, 6.45) is 8.58. The SMILES string of the molecule is CC(Oc1ccccc1)C(=O)O.O=C(O)CCCCCCCCCCOc1ccccc1. The van der Waals surface area contributed by atoms with Crippen LogP contribution in [0.1, 0.15) is 64.7 Å². The van der Waals surface area contributed by atoms with E-state index in [2.05, 4.69) is 0 Å². The molecule has 0 spiro atoms. The van der Waals surface area contributed by atoms with Crippen molar-refractivity contribution in [2.24, 2.45) is 0 Å². The molecule has 0 aliphatic rings. The maximum Gasteiger partial charge on any atom is 0.344 e. The Balaban J connectivity index is 0.000000363. The molecule has 32 heavy (non-hydrogen) atoms. The number of rotatable bonds is 15. The first-order chi connectivity index (χ1) is 15.5. The first-order valence-corrected chi connectivity index (χ1v) is 11.3. The molecule has 6 nitrogen and oxygen atoms in total. The molecule has 0 aliphatic heterocycles. The third-order valence-corrected chi connectivity index (χ3v) is 4.70. The Morgan fingerprint density at radius 1 is 0.719 bits per heavy atom. The summed E-state index contributed by atoms with van der Waals surface area (Å²) in [4.78, 5) is 20.7. The van der Waals surface area contributed by atoms with E-state index in [1.807, 2.05) is 36.4 Å². The Hall–Kier alpha value is -3.02. The van der Waals surface area contributed by atoms with Crippen LogP contribution in [0.5, 0.6) is 11.5 Å². The van der Waals surface area contributed by atoms with Crippen LogP contribution in [0, 0.1) is 0 Å². The Kier molecular flexibility index (Phi) is 14.9. The molecule has 1 unspecified atom stereocenters. The van der Waals surface area contributed by atoms with Gasteiger partial charge in [0.2, 0.25) is 0 Å². The highest BCUT2D eigenvalue weighted by atomic mass is 16.5. The van der Waals surface area contributed by atoms with Gasteiger partial charge in [0.1, 0.15) is 11.5 Å². The summed E-state index contributed by atoms with van der Waals surface area (Å²) >= 11 is 0. The van der Waals surface area contributed by atoms with Crippen LogP contribution in [0.25, 0.3) is 0 Å². The van der Waals surface area contributed by atoms with E-state index in [4.69, 9.17) is 19.7 Å². The molecular weight excluding hydrogens is 408 g/mol. The first kappa shape index (κ1) is 27.0. The maximum absolute atomic E-state index is 10.4. The molecule has 2 aromatic rings. The van der Waals surface area contributed by atoms with Crippen molar-refractivity contribution < 1.29 is 29.3 Å². The van der Waals surface area contributed by atoms with Crippen molar-refractivity contribution in [3.63, 3.8) is 0 Å². The molecule has 0 saturated carbocycles. The average Bonchev–Trinajstić information content (AvgIpc) is 2.79. The highest BCUT2D eigenvalue weighted by Crippen LogP contribution is 2.12. The number of unbranched alkanes of at least 4 members (excludes halogenated alkanes) is 7. The monoisotopic (exact) mass is 444 g/mol. The molecule has 2 N–H and O–H groups in total. The van der Waals surface area contributed by atoms with Crippen molar-refractivity contribution in [2.45, 2.75) is 70.8 Å². The molecule has 2 aromatic carbocycles. The third-order valence-electron chi connectivity index (χ3n) is 4.70. The molecule has 2 rings (SSSR count). The van der Waals surface area contributed by atoms with Gasteiger partial charge in [-0.15, -0.1) is 0 Å². The van der Waals surface area contributed by atoms with Gasteiger partial charge >= 0.3 is 11.9 Å². The molecule has 0 radical (unpaired) electrons. The Bertz CT molecular complexity index is 732. The summed E-state index contributed by atoms with van der Waals surface area (Å²) in [5, 5.41) is 17.0. The zero-order valence-electron chi connectivity index (χ0n) is 18.9. The Morgan fingerprint density at radius 2 is 1.19 bits per heavy atom. The summed E-state index contributed by atoms with van der Waals surface area (Å²) in [5.41, 5.74) is 0. The molecule has 0 heterocycles. The molecule has 0 saturated heterocycles. The van der Waals surface area contributed by atoms with Crippen molar-refractivity contribution in [3.05, 3.63) is 60.7 Å². The number of para-hydroxylation sites is 2. The largest absolute Gasteiger partial charge is 0.494 e. The second-order valence-corrected chi connectivity index (χ2v) is 7.55. The third kappa shape index (κ3) is 14.9. The van der Waals surface area contributed by atoms with E-state index >= 15 is 0 Å². The lowest BCUT2D eigenvalue weighted by Crippen LogP contribution is -2.22. The van der Waals surface area contributed by atoms with Crippen LogP contribution in [0.2, 0.25) is 0 Å². The molecule has 0 aliphatic carbocycles. The standard InChI is InChI=1S/C17H26O3.C9H10O3/c18-17(19)14-10-5-3-1-2-4-6-11-15-20-16-12-8-7-9-13-16;1-7(9(10)11)12-8-5-3-2-4-6-8/h7-9,12-13H,1-6,10-11,14-15H2,(H,18,19);2-7H,1H3,(H,10,11). The smallest absolute Gasteiger partial charge is 0.344 e. The molecular formula is C26H36O6. The first-order valence-electron chi connectivity index (χ1n) is 11.3. The molecule has 0 bridgehead atoms. The number of aliphatic carboxylic acids is 2. The van der Waals surface area contributed by atoms with Crippen molar-refractivity contribution in [1.82, 2.24) is 0 Å². The highest BCUT2D eigenvalue weighted by molar-refractivity contribution is 5.72. The van der Waals surface area contributed by atoms with E-state index in [0.29, 0.717) is 12.2 Å². The van der Waals surface area contributed by atoms with Crippen molar-refractivity contribution in [1.29, 1.82) is 0 Å². The molecule has 176 valence electrons. The van der Waals surface area contributed by atoms with Gasteiger partial charge in [-0.3, -0.25) is 4.79 Å². The summed E-state index contributed by atoms with van der Waals surface area (Å²) < 4.78 is 10.7. The number of carboxylic acids is 2. The Morgan fingerprint density at radius 3 is 1.69 bits per heavy atom. The highest BCUT2D eigenvalue weighted by Gasteiger charge is 2.11. The van der Waals surface area contributed by atoms with E-state index in [-0.39, 0.29) is 0 Å². The van der Waals surface area contributed by atoms with Crippen molar-refractivity contribution in [3.8, 4) is 11.5 Å². The van der Waals surface area contributed by atoms with Crippen LogP contribution >= 0.6 is 0 Å². The van der Waals surface area contributed by atoms with Crippen LogP contribution in [0.4, 0.5) is 0 Å². The van der Waals surface area contributed by atoms with Gasteiger partial charge in [-0.1, -0.05) is 74.9 Å². The van der Waals surface area contributed by atoms with E-state index in [9.17, 15) is 9.59 Å². The fourth-order valence-electron chi connectivity index (χ4n) is 2.90. The summed E-state index contributed by atoms with van der Waals surface area (Å²) in [5.74, 6) is -0.111. The zero-order chi connectivity index (χ0) is 23.4. The summed E-state index contributed by atoms with van der Waals surface area (Å²) in [7, 11) is 0. The fourth-order valence-corrected chi connectivity index (χ4v) is 2.90. The van der Waals surface area contributed by atoms with Gasteiger partial charge in [0.15, 0.2) is 6.10 Å². The van der Waals surface area contributed by atoms with Gasteiger partial charge in [-0.05, 0) is 44.0 Å². The number of hydrogen-bond acceptors (Lipinski definition) is 4. The lowest BCUT2D eigenvalue weighted by Gasteiger charge is -2.09. The molecule has 6 heteroatoms. The van der Waals surface area contributed by atoms with Gasteiger partial charge in [0, 0.05) is 6.42 Å². The number of hydrogen-bond donors (Lipinski definition) is 2. The lowest BCUT2D eigenvalue weighted by atomic mass is 10.1. The van der Waals surface area contributed by atoms with E-state index < -0.39 is 18.0 Å². The van der Waals surface area contributed by atoms with E-state index in [1.165, 1.54) is 32.6 Å². The number of carbonyl (C=O) groups is 2. The molecule has 0 amide bonds. The molecule has 0 aromatic heterocycles. The lowest BCUT2D eigenvalue weighted by molar-refractivity contribution is -0.144. The average molecular weight is 445 g/mol. The minimum absolute atomic E-state index is 0.316. The van der Waals surface area contributed by atoms with Crippen LogP contribution < -0.4 is 9.47 Å². The fraction of sp³-hybridized carbons (Fsp3) is 0.462. The summed E-state index contributed by atoms with van der Waals surface area (Å²) in [6, 6.07) is 18.8. The maximum atomic E-state index is 10.4. The number of carboxylic acid groups (broad SMARTS) is 2. The van der Waals surface area contributed by atoms with Gasteiger partial charge in [-0.25, -0.2) is 4.79 Å². The summed E-state index contributed by atoms with van der Waals surface area (Å²) in [6.45, 7) is 2.29. The van der Waals surface area contributed by atoms with Crippen LogP contribution in [-0.2, 0) is 9.59 Å². The van der Waals surface area contributed by atoms with Crippen molar-refractivity contribution in [2.75, 3.05) is 6.61 Å². The van der Waals surface area contributed by atoms with Crippen LogP contribution in [0.15, 0.2) is 60.7 Å². The second-order valence-electron chi connectivity index (χ2n) is 7.55. The van der Waals surface area contributed by atoms with Gasteiger partial charge < -0.3 is 19.7 Å². The quantitative estimate of drug-likeness (QED) is 0.318. The number of ether oxygens (including phenoxy) is 2. The van der Waals surface area contributed by atoms with E-state index in [0.717, 1.165) is 38.0 Å². The van der Waals surface area contributed by atoms with Crippen molar-refractivity contribution >= 4 is 11.9 Å². The van der Waals surface area contributed by atoms with Gasteiger partial charge in [0.25, 0.3) is 0 Å².